The lowest BCUT2D eigenvalue weighted by Crippen LogP contribution is -2.52. The van der Waals surface area contributed by atoms with Crippen LogP contribution in [0.3, 0.4) is 0 Å². The number of hydrogen-bond donors (Lipinski definition) is 1. The number of carbonyl (C=O) groups excluding carboxylic acids is 2. The number of rotatable bonds is 9. The molecule has 0 saturated heterocycles. The first-order valence-corrected chi connectivity index (χ1v) is 13.7. The van der Waals surface area contributed by atoms with Crippen molar-refractivity contribution in [1.82, 2.24) is 10.2 Å². The van der Waals surface area contributed by atoms with Crippen molar-refractivity contribution >= 4 is 27.5 Å². The number of hydrogen-bond acceptors (Lipinski definition) is 4. The fourth-order valence-corrected chi connectivity index (χ4v) is 5.12. The molecule has 0 bridgehead atoms. The van der Waals surface area contributed by atoms with E-state index in [4.69, 9.17) is 0 Å². The highest BCUT2D eigenvalue weighted by Crippen LogP contribution is 2.23. The van der Waals surface area contributed by atoms with Gasteiger partial charge in [0.05, 0.1) is 11.9 Å². The van der Waals surface area contributed by atoms with Gasteiger partial charge in [-0.25, -0.2) is 12.8 Å². The van der Waals surface area contributed by atoms with Gasteiger partial charge >= 0.3 is 0 Å². The molecule has 1 fully saturated rings. The van der Waals surface area contributed by atoms with E-state index < -0.39 is 34.3 Å². The van der Waals surface area contributed by atoms with Gasteiger partial charge in [0.2, 0.25) is 21.8 Å². The molecular weight excluding hydrogens is 469 g/mol. The van der Waals surface area contributed by atoms with Gasteiger partial charge in [-0.3, -0.25) is 13.9 Å². The summed E-state index contributed by atoms with van der Waals surface area (Å²) in [5.41, 5.74) is 2.49. The Bertz CT molecular complexity index is 1180. The Kier molecular flexibility index (Phi) is 8.53. The predicted molar refractivity (Wildman–Crippen MR) is 135 cm³/mol. The maximum absolute atomic E-state index is 14.5. The lowest BCUT2D eigenvalue weighted by atomic mass is 10.1. The molecule has 0 radical (unpaired) electrons. The van der Waals surface area contributed by atoms with Crippen LogP contribution in [0.2, 0.25) is 0 Å². The number of halogens is 1. The van der Waals surface area contributed by atoms with Crippen LogP contribution in [0.1, 0.15) is 49.3 Å². The zero-order valence-electron chi connectivity index (χ0n) is 20.8. The van der Waals surface area contributed by atoms with Gasteiger partial charge < -0.3 is 10.2 Å². The number of amides is 2. The molecule has 1 saturated carbocycles. The minimum absolute atomic E-state index is 0.0541. The van der Waals surface area contributed by atoms with Crippen LogP contribution in [-0.2, 0) is 26.2 Å². The molecule has 1 aliphatic rings. The van der Waals surface area contributed by atoms with Crippen molar-refractivity contribution < 1.29 is 22.4 Å². The van der Waals surface area contributed by atoms with Gasteiger partial charge in [0, 0.05) is 18.2 Å². The third-order valence-electron chi connectivity index (χ3n) is 6.63. The monoisotopic (exact) mass is 503 g/mol. The van der Waals surface area contributed by atoms with E-state index in [0.29, 0.717) is 5.69 Å². The van der Waals surface area contributed by atoms with Crippen molar-refractivity contribution in [2.75, 3.05) is 17.1 Å². The average Bonchev–Trinajstić information content (AvgIpc) is 3.30. The summed E-state index contributed by atoms with van der Waals surface area (Å²) < 4.78 is 40.8. The van der Waals surface area contributed by atoms with Crippen molar-refractivity contribution in [2.24, 2.45) is 0 Å². The second kappa shape index (κ2) is 11.2. The summed E-state index contributed by atoms with van der Waals surface area (Å²) in [6.45, 7) is 4.70. The molecule has 0 spiro atoms. The largest absolute Gasteiger partial charge is 0.352 e. The molecule has 190 valence electrons. The Morgan fingerprint density at radius 3 is 2.34 bits per heavy atom. The van der Waals surface area contributed by atoms with Gasteiger partial charge in [-0.05, 0) is 62.9 Å². The van der Waals surface area contributed by atoms with Crippen molar-refractivity contribution in [3.63, 3.8) is 0 Å². The second-order valence-electron chi connectivity index (χ2n) is 9.32. The molecule has 1 atom stereocenters. The molecule has 9 heteroatoms. The number of nitrogens with zero attached hydrogens (tertiary/aromatic N) is 2. The standard InChI is InChI=1S/C26H34FN3O4S/c1-18-13-14-23(15-19(18)2)30(35(4,33)34)17-25(31)29(16-21-9-5-8-12-24(21)27)20(3)26(32)28-22-10-6-7-11-22/h5,8-9,12-15,20,22H,6-7,10-11,16-17H2,1-4H3,(H,28,32)/t20-/m1/s1. The molecule has 7 nitrogen and oxygen atoms in total. The van der Waals surface area contributed by atoms with E-state index in [9.17, 15) is 22.4 Å². The first-order valence-electron chi connectivity index (χ1n) is 11.9. The van der Waals surface area contributed by atoms with Gasteiger partial charge in [0.15, 0.2) is 0 Å². The number of carbonyl (C=O) groups is 2. The first-order chi connectivity index (χ1) is 16.5. The molecule has 1 N–H and O–H groups in total. The fourth-order valence-electron chi connectivity index (χ4n) is 4.28. The molecule has 0 aromatic heterocycles. The van der Waals surface area contributed by atoms with Crippen LogP contribution < -0.4 is 9.62 Å². The molecule has 0 unspecified atom stereocenters. The van der Waals surface area contributed by atoms with E-state index in [1.165, 1.54) is 11.0 Å². The van der Waals surface area contributed by atoms with E-state index in [1.807, 2.05) is 13.8 Å². The summed E-state index contributed by atoms with van der Waals surface area (Å²) in [6, 6.07) is 10.3. The third kappa shape index (κ3) is 6.81. The van der Waals surface area contributed by atoms with E-state index in [0.717, 1.165) is 47.4 Å². The summed E-state index contributed by atoms with van der Waals surface area (Å²) in [4.78, 5) is 27.8. The molecule has 3 rings (SSSR count). The number of anilines is 1. The van der Waals surface area contributed by atoms with Crippen molar-refractivity contribution in [1.29, 1.82) is 0 Å². The van der Waals surface area contributed by atoms with Gasteiger partial charge in [0.1, 0.15) is 18.4 Å². The maximum atomic E-state index is 14.5. The Morgan fingerprint density at radius 1 is 1.09 bits per heavy atom. The highest BCUT2D eigenvalue weighted by atomic mass is 32.2. The van der Waals surface area contributed by atoms with Crippen molar-refractivity contribution in [3.8, 4) is 0 Å². The van der Waals surface area contributed by atoms with Crippen LogP contribution in [0.5, 0.6) is 0 Å². The molecule has 1 aliphatic carbocycles. The highest BCUT2D eigenvalue weighted by molar-refractivity contribution is 7.92. The Morgan fingerprint density at radius 2 is 1.74 bits per heavy atom. The van der Waals surface area contributed by atoms with Gasteiger partial charge in [0.25, 0.3) is 0 Å². The molecular formula is C26H34FN3O4S. The lowest BCUT2D eigenvalue weighted by molar-refractivity contribution is -0.139. The Balaban J connectivity index is 1.90. The van der Waals surface area contributed by atoms with E-state index in [2.05, 4.69) is 5.32 Å². The molecule has 2 aromatic carbocycles. The zero-order valence-corrected chi connectivity index (χ0v) is 21.6. The molecule has 0 aliphatic heterocycles. The molecule has 35 heavy (non-hydrogen) atoms. The average molecular weight is 504 g/mol. The summed E-state index contributed by atoms with van der Waals surface area (Å²) in [5, 5.41) is 2.98. The van der Waals surface area contributed by atoms with Crippen molar-refractivity contribution in [3.05, 3.63) is 65.0 Å². The van der Waals surface area contributed by atoms with E-state index in [1.54, 1.807) is 43.3 Å². The molecule has 2 amide bonds. The minimum Gasteiger partial charge on any atom is -0.352 e. The van der Waals surface area contributed by atoms with Gasteiger partial charge in [-0.2, -0.15) is 0 Å². The predicted octanol–water partition coefficient (Wildman–Crippen LogP) is 3.68. The zero-order chi connectivity index (χ0) is 25.8. The lowest BCUT2D eigenvalue weighted by Gasteiger charge is -2.32. The second-order valence-corrected chi connectivity index (χ2v) is 11.2. The Hall–Kier alpha value is -2.94. The number of sulfonamides is 1. The first kappa shape index (κ1) is 26.7. The van der Waals surface area contributed by atoms with Crippen LogP contribution in [0.4, 0.5) is 10.1 Å². The Labute approximate surface area is 207 Å². The molecule has 0 heterocycles. The van der Waals surface area contributed by atoms with E-state index in [-0.39, 0.29) is 24.1 Å². The third-order valence-corrected chi connectivity index (χ3v) is 7.77. The number of benzene rings is 2. The SMILES string of the molecule is Cc1ccc(N(CC(=O)N(Cc2ccccc2F)[C@H](C)C(=O)NC2CCCC2)S(C)(=O)=O)cc1C. The van der Waals surface area contributed by atoms with Gasteiger partial charge in [-0.15, -0.1) is 0 Å². The van der Waals surface area contributed by atoms with Gasteiger partial charge in [-0.1, -0.05) is 37.1 Å². The van der Waals surface area contributed by atoms with Crippen molar-refractivity contribution in [2.45, 2.75) is 65.1 Å². The smallest absolute Gasteiger partial charge is 0.244 e. The highest BCUT2D eigenvalue weighted by Gasteiger charge is 2.31. The normalized spacial score (nSPS) is 15.0. The topological polar surface area (TPSA) is 86.8 Å². The van der Waals surface area contributed by atoms with Crippen LogP contribution in [0.15, 0.2) is 42.5 Å². The summed E-state index contributed by atoms with van der Waals surface area (Å²) in [7, 11) is -3.81. The fraction of sp³-hybridized carbons (Fsp3) is 0.462. The summed E-state index contributed by atoms with van der Waals surface area (Å²) >= 11 is 0. The van der Waals surface area contributed by atoms with Crippen LogP contribution >= 0.6 is 0 Å². The number of aryl methyl sites for hydroxylation is 2. The summed E-state index contributed by atoms with van der Waals surface area (Å²) in [5.74, 6) is -1.42. The molecule has 2 aromatic rings. The quantitative estimate of drug-likeness (QED) is 0.566. The van der Waals surface area contributed by atoms with Crippen LogP contribution in [0, 0.1) is 19.7 Å². The van der Waals surface area contributed by atoms with Crippen LogP contribution in [0.25, 0.3) is 0 Å². The minimum atomic E-state index is -3.81. The summed E-state index contributed by atoms with van der Waals surface area (Å²) in [6.07, 6.45) is 4.88. The van der Waals surface area contributed by atoms with Crippen LogP contribution in [-0.4, -0.2) is 50.0 Å². The van der Waals surface area contributed by atoms with E-state index >= 15 is 0 Å². The number of nitrogens with one attached hydrogen (secondary N) is 1. The maximum Gasteiger partial charge on any atom is 0.244 e.